The molecule has 19 heavy (non-hydrogen) atoms. The van der Waals surface area contributed by atoms with E-state index in [-0.39, 0.29) is 19.1 Å². The van der Waals surface area contributed by atoms with E-state index in [4.69, 9.17) is 5.11 Å². The zero-order chi connectivity index (χ0) is 13.5. The zero-order valence-corrected chi connectivity index (χ0v) is 10.5. The SMILES string of the molecule is O=C(CCNc1ncnc2ccccc12)NCCO. The number of nitrogens with zero attached hydrogens (tertiary/aromatic N) is 2. The van der Waals surface area contributed by atoms with Crippen LogP contribution in [0, 0.1) is 0 Å². The fraction of sp³-hybridized carbons (Fsp3) is 0.308. The van der Waals surface area contributed by atoms with Gasteiger partial charge in [0.25, 0.3) is 0 Å². The topological polar surface area (TPSA) is 87.1 Å². The molecule has 6 heteroatoms. The third-order valence-electron chi connectivity index (χ3n) is 2.62. The molecule has 100 valence electrons. The predicted molar refractivity (Wildman–Crippen MR) is 72.7 cm³/mol. The number of hydrogen-bond acceptors (Lipinski definition) is 5. The number of hydrogen-bond donors (Lipinski definition) is 3. The molecular formula is C13H16N4O2. The summed E-state index contributed by atoms with van der Waals surface area (Å²) in [5.74, 6) is 0.625. The van der Waals surface area contributed by atoms with E-state index in [0.717, 1.165) is 16.7 Å². The van der Waals surface area contributed by atoms with E-state index in [0.29, 0.717) is 13.0 Å². The smallest absolute Gasteiger partial charge is 0.221 e. The standard InChI is InChI=1S/C13H16N4O2/c18-8-7-14-12(19)5-6-15-13-10-3-1-2-4-11(10)16-9-17-13/h1-4,9,18H,5-8H2,(H,14,19)(H,15,16,17). The Morgan fingerprint density at radius 2 is 2.05 bits per heavy atom. The summed E-state index contributed by atoms with van der Waals surface area (Å²) in [5, 5.41) is 15.2. The molecule has 6 nitrogen and oxygen atoms in total. The highest BCUT2D eigenvalue weighted by Gasteiger charge is 2.04. The lowest BCUT2D eigenvalue weighted by molar-refractivity contribution is -0.120. The second-order valence-corrected chi connectivity index (χ2v) is 3.99. The Bertz CT molecular complexity index is 554. The average molecular weight is 260 g/mol. The summed E-state index contributed by atoms with van der Waals surface area (Å²) in [6, 6.07) is 7.69. The van der Waals surface area contributed by atoms with Gasteiger partial charge in [0.1, 0.15) is 12.1 Å². The molecule has 0 spiro atoms. The zero-order valence-electron chi connectivity index (χ0n) is 10.5. The minimum Gasteiger partial charge on any atom is -0.395 e. The Labute approximate surface area is 110 Å². The Balaban J connectivity index is 1.93. The van der Waals surface area contributed by atoms with Gasteiger partial charge in [-0.3, -0.25) is 4.79 Å². The highest BCUT2D eigenvalue weighted by Crippen LogP contribution is 2.17. The van der Waals surface area contributed by atoms with E-state index in [1.54, 1.807) is 0 Å². The fourth-order valence-electron chi connectivity index (χ4n) is 1.72. The molecular weight excluding hydrogens is 244 g/mol. The summed E-state index contributed by atoms with van der Waals surface area (Å²) in [4.78, 5) is 19.7. The number of benzene rings is 1. The van der Waals surface area contributed by atoms with Gasteiger partial charge in [-0.05, 0) is 12.1 Å². The molecule has 0 saturated heterocycles. The van der Waals surface area contributed by atoms with Gasteiger partial charge in [0.15, 0.2) is 0 Å². The number of amides is 1. The Kier molecular flexibility index (Phi) is 4.63. The highest BCUT2D eigenvalue weighted by atomic mass is 16.3. The van der Waals surface area contributed by atoms with Crippen molar-refractivity contribution < 1.29 is 9.90 Å². The van der Waals surface area contributed by atoms with Crippen molar-refractivity contribution in [2.24, 2.45) is 0 Å². The van der Waals surface area contributed by atoms with Crippen LogP contribution in [0.15, 0.2) is 30.6 Å². The van der Waals surface area contributed by atoms with Crippen LogP contribution in [0.1, 0.15) is 6.42 Å². The van der Waals surface area contributed by atoms with Crippen molar-refractivity contribution in [3.8, 4) is 0 Å². The second-order valence-electron chi connectivity index (χ2n) is 3.99. The molecule has 0 bridgehead atoms. The molecule has 3 N–H and O–H groups in total. The summed E-state index contributed by atoms with van der Waals surface area (Å²) < 4.78 is 0. The molecule has 0 unspecified atom stereocenters. The lowest BCUT2D eigenvalue weighted by Gasteiger charge is -2.08. The summed E-state index contributed by atoms with van der Waals surface area (Å²) in [6.45, 7) is 0.725. The van der Waals surface area contributed by atoms with Crippen molar-refractivity contribution >= 4 is 22.6 Å². The van der Waals surface area contributed by atoms with E-state index in [1.807, 2.05) is 24.3 Å². The summed E-state index contributed by atoms with van der Waals surface area (Å²) in [7, 11) is 0. The van der Waals surface area contributed by atoms with Gasteiger partial charge in [0, 0.05) is 24.9 Å². The van der Waals surface area contributed by atoms with Gasteiger partial charge in [-0.15, -0.1) is 0 Å². The van der Waals surface area contributed by atoms with Crippen LogP contribution >= 0.6 is 0 Å². The molecule has 0 aliphatic rings. The summed E-state index contributed by atoms with van der Waals surface area (Å²) >= 11 is 0. The van der Waals surface area contributed by atoms with Crippen LogP contribution in [0.3, 0.4) is 0 Å². The minimum atomic E-state index is -0.0973. The first-order valence-corrected chi connectivity index (χ1v) is 6.12. The Morgan fingerprint density at radius 3 is 2.89 bits per heavy atom. The van der Waals surface area contributed by atoms with Crippen LogP contribution in [0.4, 0.5) is 5.82 Å². The summed E-state index contributed by atoms with van der Waals surface area (Å²) in [5.41, 5.74) is 0.865. The molecule has 2 rings (SSSR count). The molecule has 1 heterocycles. The molecule has 0 atom stereocenters. The molecule has 0 fully saturated rings. The maximum atomic E-state index is 11.4. The maximum Gasteiger partial charge on any atom is 0.221 e. The van der Waals surface area contributed by atoms with Crippen LogP contribution in [0.25, 0.3) is 10.9 Å². The van der Waals surface area contributed by atoms with Crippen LogP contribution in [0.5, 0.6) is 0 Å². The highest BCUT2D eigenvalue weighted by molar-refractivity contribution is 5.88. The molecule has 0 radical (unpaired) electrons. The van der Waals surface area contributed by atoms with Crippen LogP contribution in [-0.4, -0.2) is 40.7 Å². The van der Waals surface area contributed by atoms with Gasteiger partial charge in [-0.25, -0.2) is 9.97 Å². The van der Waals surface area contributed by atoms with E-state index < -0.39 is 0 Å². The van der Waals surface area contributed by atoms with Crippen molar-refractivity contribution in [2.45, 2.75) is 6.42 Å². The predicted octanol–water partition coefficient (Wildman–Crippen LogP) is 0.540. The normalized spacial score (nSPS) is 10.4. The Morgan fingerprint density at radius 1 is 1.21 bits per heavy atom. The van der Waals surface area contributed by atoms with Crippen molar-refractivity contribution in [1.82, 2.24) is 15.3 Å². The van der Waals surface area contributed by atoms with Crippen molar-refractivity contribution in [1.29, 1.82) is 0 Å². The third kappa shape index (κ3) is 3.62. The number of para-hydroxylation sites is 1. The monoisotopic (exact) mass is 260 g/mol. The first kappa shape index (κ1) is 13.2. The van der Waals surface area contributed by atoms with Crippen LogP contribution < -0.4 is 10.6 Å². The first-order chi connectivity index (χ1) is 9.31. The van der Waals surface area contributed by atoms with E-state index in [9.17, 15) is 4.79 Å². The minimum absolute atomic E-state index is 0.0459. The second kappa shape index (κ2) is 6.65. The first-order valence-electron chi connectivity index (χ1n) is 6.12. The van der Waals surface area contributed by atoms with Gasteiger partial charge >= 0.3 is 0 Å². The average Bonchev–Trinajstić information content (AvgIpc) is 2.45. The number of carbonyl (C=O) groups is 1. The van der Waals surface area contributed by atoms with Crippen molar-refractivity contribution in [2.75, 3.05) is 25.0 Å². The van der Waals surface area contributed by atoms with Gasteiger partial charge in [-0.2, -0.15) is 0 Å². The molecule has 0 saturated carbocycles. The van der Waals surface area contributed by atoms with Crippen molar-refractivity contribution in [3.05, 3.63) is 30.6 Å². The third-order valence-corrected chi connectivity index (χ3v) is 2.62. The number of carbonyl (C=O) groups excluding carboxylic acids is 1. The number of rotatable bonds is 6. The lowest BCUT2D eigenvalue weighted by Crippen LogP contribution is -2.28. The van der Waals surface area contributed by atoms with E-state index in [2.05, 4.69) is 20.6 Å². The molecule has 2 aromatic rings. The molecule has 0 aliphatic heterocycles. The van der Waals surface area contributed by atoms with Gasteiger partial charge in [-0.1, -0.05) is 12.1 Å². The molecule has 0 aliphatic carbocycles. The number of nitrogens with one attached hydrogen (secondary N) is 2. The number of fused-ring (bicyclic) bond motifs is 1. The number of anilines is 1. The largest absolute Gasteiger partial charge is 0.395 e. The van der Waals surface area contributed by atoms with Crippen molar-refractivity contribution in [3.63, 3.8) is 0 Å². The van der Waals surface area contributed by atoms with Gasteiger partial charge in [0.2, 0.25) is 5.91 Å². The number of aromatic nitrogens is 2. The molecule has 1 aromatic heterocycles. The van der Waals surface area contributed by atoms with E-state index in [1.165, 1.54) is 6.33 Å². The van der Waals surface area contributed by atoms with Gasteiger partial charge in [0.05, 0.1) is 12.1 Å². The number of aliphatic hydroxyl groups is 1. The quantitative estimate of drug-likeness (QED) is 0.705. The molecule has 1 amide bonds. The summed E-state index contributed by atoms with van der Waals surface area (Å²) in [6.07, 6.45) is 1.83. The van der Waals surface area contributed by atoms with Gasteiger partial charge < -0.3 is 15.7 Å². The number of aliphatic hydroxyl groups excluding tert-OH is 1. The van der Waals surface area contributed by atoms with Crippen LogP contribution in [0.2, 0.25) is 0 Å². The van der Waals surface area contributed by atoms with Crippen LogP contribution in [-0.2, 0) is 4.79 Å². The van der Waals surface area contributed by atoms with E-state index >= 15 is 0 Å². The lowest BCUT2D eigenvalue weighted by atomic mass is 10.2. The Hall–Kier alpha value is -2.21. The molecule has 1 aromatic carbocycles. The fourth-order valence-corrected chi connectivity index (χ4v) is 1.72. The maximum absolute atomic E-state index is 11.4.